The molecule has 1 atom stereocenters. The summed E-state index contributed by atoms with van der Waals surface area (Å²) in [5.74, 6) is -0.165. The Balaban J connectivity index is 1.95. The lowest BCUT2D eigenvalue weighted by molar-refractivity contribution is 0.105. The third-order valence-electron chi connectivity index (χ3n) is 4.97. The van der Waals surface area contributed by atoms with Gasteiger partial charge in [-0.2, -0.15) is 0 Å². The molecule has 5 heteroatoms. The van der Waals surface area contributed by atoms with Gasteiger partial charge >= 0.3 is 0 Å². The fourth-order valence-corrected chi connectivity index (χ4v) is 3.35. The summed E-state index contributed by atoms with van der Waals surface area (Å²) in [7, 11) is 1.93. The number of nitrogens with zero attached hydrogens (tertiary/aromatic N) is 3. The Hall–Kier alpha value is -3.34. The molecule has 0 saturated heterocycles. The molecule has 4 rings (SSSR count). The van der Waals surface area contributed by atoms with Gasteiger partial charge in [-0.15, -0.1) is 0 Å². The van der Waals surface area contributed by atoms with E-state index in [1.54, 1.807) is 12.5 Å². The van der Waals surface area contributed by atoms with Crippen molar-refractivity contribution in [3.05, 3.63) is 90.5 Å². The summed E-state index contributed by atoms with van der Waals surface area (Å²) in [6.07, 6.45) is 5.43. The molecule has 0 bridgehead atoms. The highest BCUT2D eigenvalue weighted by Crippen LogP contribution is 2.36. The zero-order valence-electron chi connectivity index (χ0n) is 14.8. The lowest BCUT2D eigenvalue weighted by Gasteiger charge is -2.47. The third kappa shape index (κ3) is 2.49. The second kappa shape index (κ2) is 6.19. The van der Waals surface area contributed by atoms with E-state index >= 15 is 0 Å². The molecule has 130 valence electrons. The highest BCUT2D eigenvalue weighted by atomic mass is 15.5. The van der Waals surface area contributed by atoms with E-state index < -0.39 is 5.79 Å². The fraction of sp³-hybridized carbons (Fsp3) is 0.143. The topological polar surface area (TPSA) is 56.9 Å². The van der Waals surface area contributed by atoms with Gasteiger partial charge in [-0.3, -0.25) is 9.98 Å². The molecular formula is C21H21N5. The molecule has 0 fully saturated rings. The predicted octanol–water partition coefficient (Wildman–Crippen LogP) is 3.59. The van der Waals surface area contributed by atoms with Crippen LogP contribution in [0.4, 0.5) is 0 Å². The van der Waals surface area contributed by atoms with Crippen LogP contribution in [-0.4, -0.2) is 27.3 Å². The average Bonchev–Trinajstić information content (AvgIpc) is 3.23. The molecule has 0 saturated carbocycles. The quantitative estimate of drug-likeness (QED) is 0.764. The third-order valence-corrected chi connectivity index (χ3v) is 4.97. The Bertz CT molecular complexity index is 945. The monoisotopic (exact) mass is 343 g/mol. The molecule has 0 radical (unpaired) electrons. The van der Waals surface area contributed by atoms with Gasteiger partial charge in [0, 0.05) is 25.0 Å². The van der Waals surface area contributed by atoms with Crippen molar-refractivity contribution in [1.82, 2.24) is 19.8 Å². The first-order valence-electron chi connectivity index (χ1n) is 8.56. The molecule has 3 aromatic rings. The van der Waals surface area contributed by atoms with E-state index in [-0.39, 0.29) is 0 Å². The number of amidine groups is 1. The first-order chi connectivity index (χ1) is 12.6. The Morgan fingerprint density at radius 3 is 2.15 bits per heavy atom. The molecule has 1 aliphatic heterocycles. The molecule has 1 unspecified atom stereocenters. The van der Waals surface area contributed by atoms with Gasteiger partial charge in [0.25, 0.3) is 0 Å². The van der Waals surface area contributed by atoms with Gasteiger partial charge in [-0.25, -0.2) is 4.98 Å². The maximum atomic E-state index is 8.92. The first-order valence-corrected chi connectivity index (χ1v) is 8.56. The fourth-order valence-electron chi connectivity index (χ4n) is 3.35. The molecule has 2 N–H and O–H groups in total. The average molecular weight is 343 g/mol. The van der Waals surface area contributed by atoms with Crippen molar-refractivity contribution in [2.24, 2.45) is 0 Å². The van der Waals surface area contributed by atoms with E-state index in [1.165, 1.54) is 0 Å². The Morgan fingerprint density at radius 2 is 1.58 bits per heavy atom. The lowest BCUT2D eigenvalue weighted by atomic mass is 9.94. The predicted molar refractivity (Wildman–Crippen MR) is 104 cm³/mol. The van der Waals surface area contributed by atoms with Gasteiger partial charge in [0.15, 0.2) is 5.79 Å². The maximum Gasteiger partial charge on any atom is 0.192 e. The van der Waals surface area contributed by atoms with Crippen molar-refractivity contribution >= 4 is 17.1 Å². The number of rotatable bonds is 3. The molecule has 5 nitrogen and oxygen atoms in total. The standard InChI is InChI=1S/C21H21N5/c1-21(26-14-13-23-15-26)24-19(17-11-7-4-8-12-17)18(20(22)25(21)2)16-9-5-3-6-10-16/h3-15,22,24H,1-2H3. The highest BCUT2D eigenvalue weighted by molar-refractivity contribution is 6.28. The van der Waals surface area contributed by atoms with E-state index in [0.29, 0.717) is 5.84 Å². The largest absolute Gasteiger partial charge is 0.344 e. The lowest BCUT2D eigenvalue weighted by Crippen LogP contribution is -2.60. The van der Waals surface area contributed by atoms with E-state index in [0.717, 1.165) is 22.4 Å². The number of imidazole rings is 1. The summed E-state index contributed by atoms with van der Waals surface area (Å²) < 4.78 is 1.98. The van der Waals surface area contributed by atoms with E-state index in [9.17, 15) is 0 Å². The van der Waals surface area contributed by atoms with Gasteiger partial charge in [0.05, 0.1) is 12.0 Å². The summed E-state index contributed by atoms with van der Waals surface area (Å²) in [4.78, 5) is 6.12. The van der Waals surface area contributed by atoms with Crippen molar-refractivity contribution in [2.75, 3.05) is 7.05 Å². The van der Waals surface area contributed by atoms with Crippen molar-refractivity contribution in [2.45, 2.75) is 12.7 Å². The van der Waals surface area contributed by atoms with Crippen LogP contribution >= 0.6 is 0 Å². The van der Waals surface area contributed by atoms with Crippen LogP contribution in [0.1, 0.15) is 18.1 Å². The smallest absolute Gasteiger partial charge is 0.192 e. The zero-order chi connectivity index (χ0) is 18.1. The SMILES string of the molecule is CN1C(=N)C(c2ccccc2)=C(c2ccccc2)NC1(C)n1ccnc1. The van der Waals surface area contributed by atoms with Crippen LogP contribution in [-0.2, 0) is 5.79 Å². The van der Waals surface area contributed by atoms with Crippen molar-refractivity contribution in [1.29, 1.82) is 5.41 Å². The second-order valence-corrected chi connectivity index (χ2v) is 6.51. The molecule has 1 aromatic heterocycles. The van der Waals surface area contributed by atoms with E-state index in [1.807, 2.05) is 78.2 Å². The number of aromatic nitrogens is 2. The molecule has 0 aliphatic carbocycles. The number of hydrogen-bond acceptors (Lipinski definition) is 3. The van der Waals surface area contributed by atoms with Crippen molar-refractivity contribution in [3.8, 4) is 0 Å². The minimum atomic E-state index is -0.628. The van der Waals surface area contributed by atoms with Crippen LogP contribution in [0.2, 0.25) is 0 Å². The van der Waals surface area contributed by atoms with Gasteiger partial charge in [0.2, 0.25) is 0 Å². The Labute approximate surface area is 153 Å². The second-order valence-electron chi connectivity index (χ2n) is 6.51. The molecular weight excluding hydrogens is 322 g/mol. The summed E-state index contributed by atoms with van der Waals surface area (Å²) in [6.45, 7) is 2.05. The van der Waals surface area contributed by atoms with Crippen LogP contribution in [0.25, 0.3) is 11.3 Å². The van der Waals surface area contributed by atoms with Gasteiger partial charge in [-0.1, -0.05) is 60.7 Å². The maximum absolute atomic E-state index is 8.92. The number of benzene rings is 2. The number of likely N-dealkylation sites (N-methyl/N-ethyl adjacent to an activating group) is 1. The van der Waals surface area contributed by atoms with Crippen LogP contribution in [0, 0.1) is 5.41 Å². The Kier molecular flexibility index (Phi) is 3.84. The minimum Gasteiger partial charge on any atom is -0.344 e. The molecule has 1 aliphatic rings. The van der Waals surface area contributed by atoms with E-state index in [2.05, 4.69) is 22.4 Å². The summed E-state index contributed by atoms with van der Waals surface area (Å²) in [5.41, 5.74) is 3.90. The number of nitrogens with one attached hydrogen (secondary N) is 2. The minimum absolute atomic E-state index is 0.463. The Morgan fingerprint density at radius 1 is 0.962 bits per heavy atom. The molecule has 2 aromatic carbocycles. The van der Waals surface area contributed by atoms with Gasteiger partial charge < -0.3 is 10.2 Å². The van der Waals surface area contributed by atoms with Crippen LogP contribution in [0.3, 0.4) is 0 Å². The molecule has 26 heavy (non-hydrogen) atoms. The molecule has 0 amide bonds. The summed E-state index contributed by atoms with van der Waals surface area (Å²) in [6, 6.07) is 20.3. The first kappa shape index (κ1) is 16.1. The van der Waals surface area contributed by atoms with Crippen LogP contribution < -0.4 is 5.32 Å². The zero-order valence-corrected chi connectivity index (χ0v) is 14.8. The normalized spacial score (nSPS) is 20.2. The highest BCUT2D eigenvalue weighted by Gasteiger charge is 2.40. The van der Waals surface area contributed by atoms with Crippen LogP contribution in [0.15, 0.2) is 79.4 Å². The van der Waals surface area contributed by atoms with Crippen molar-refractivity contribution < 1.29 is 0 Å². The molecule has 2 heterocycles. The summed E-state index contributed by atoms with van der Waals surface area (Å²) >= 11 is 0. The van der Waals surface area contributed by atoms with Crippen molar-refractivity contribution in [3.63, 3.8) is 0 Å². The van der Waals surface area contributed by atoms with Gasteiger partial charge in [0.1, 0.15) is 5.84 Å². The number of hydrogen-bond donors (Lipinski definition) is 2. The van der Waals surface area contributed by atoms with E-state index in [4.69, 9.17) is 5.41 Å². The van der Waals surface area contributed by atoms with Gasteiger partial charge in [-0.05, 0) is 18.1 Å². The molecule has 0 spiro atoms. The van der Waals surface area contributed by atoms with Crippen LogP contribution in [0.5, 0.6) is 0 Å². The summed E-state index contributed by atoms with van der Waals surface area (Å²) in [5, 5.41) is 12.6.